The van der Waals surface area contributed by atoms with E-state index in [1.54, 1.807) is 6.07 Å². The molecule has 188 valence electrons. The molecule has 1 saturated carbocycles. The number of hydrogen-bond acceptors (Lipinski definition) is 5. The van der Waals surface area contributed by atoms with Crippen LogP contribution in [0.4, 0.5) is 4.79 Å². The zero-order valence-electron chi connectivity index (χ0n) is 20.8. The fraction of sp³-hybridized carbons (Fsp3) is 0.500. The maximum Gasteiger partial charge on any atom is 0.404 e. The quantitative estimate of drug-likeness (QED) is 0.511. The van der Waals surface area contributed by atoms with Gasteiger partial charge in [-0.2, -0.15) is 0 Å². The number of carbonyl (C=O) groups is 2. The number of carboxylic acid groups (broad SMARTS) is 1. The molecule has 1 aliphatic heterocycles. The summed E-state index contributed by atoms with van der Waals surface area (Å²) in [7, 11) is 0. The van der Waals surface area contributed by atoms with Crippen molar-refractivity contribution in [3.05, 3.63) is 56.0 Å². The number of rotatable bonds is 5. The molecule has 0 bridgehead atoms. The van der Waals surface area contributed by atoms with Gasteiger partial charge in [-0.3, -0.25) is 9.59 Å². The number of carbonyl (C=O) groups excluding carboxylic acids is 1. The van der Waals surface area contributed by atoms with Crippen molar-refractivity contribution in [1.82, 2.24) is 15.6 Å². The van der Waals surface area contributed by atoms with Crippen LogP contribution in [0.25, 0.3) is 0 Å². The summed E-state index contributed by atoms with van der Waals surface area (Å²) in [4.78, 5) is 39.1. The van der Waals surface area contributed by atoms with Crippen LogP contribution in [-0.2, 0) is 6.54 Å². The topological polar surface area (TPSA) is 130 Å². The molecule has 4 rings (SSSR count). The van der Waals surface area contributed by atoms with Crippen molar-refractivity contribution < 1.29 is 24.2 Å². The molecule has 1 aliphatic carbocycles. The summed E-state index contributed by atoms with van der Waals surface area (Å²) in [6.45, 7) is 9.42. The second-order valence-corrected chi connectivity index (χ2v) is 9.87. The van der Waals surface area contributed by atoms with Crippen LogP contribution in [0.3, 0.4) is 0 Å². The predicted molar refractivity (Wildman–Crippen MR) is 130 cm³/mol. The first kappa shape index (κ1) is 24.6. The fourth-order valence-electron chi connectivity index (χ4n) is 5.24. The number of fused-ring (bicyclic) bond motifs is 1. The largest absolute Gasteiger partial charge is 0.465 e. The third-order valence-electron chi connectivity index (χ3n) is 7.24. The molecule has 0 saturated heterocycles. The minimum absolute atomic E-state index is 0.0562. The summed E-state index contributed by atoms with van der Waals surface area (Å²) in [5.74, 6) is 0.123. The molecule has 1 aromatic heterocycles. The monoisotopic (exact) mass is 483 g/mol. The smallest absolute Gasteiger partial charge is 0.404 e. The molecule has 0 spiro atoms. The lowest BCUT2D eigenvalue weighted by Gasteiger charge is -2.37. The molecule has 1 fully saturated rings. The molecule has 1 atom stereocenters. The predicted octanol–water partition coefficient (Wildman–Crippen LogP) is 3.85. The first-order chi connectivity index (χ1) is 16.5. The van der Waals surface area contributed by atoms with E-state index in [0.717, 1.165) is 42.5 Å². The Morgan fingerprint density at radius 2 is 1.71 bits per heavy atom. The van der Waals surface area contributed by atoms with Crippen LogP contribution in [0.1, 0.15) is 70.9 Å². The van der Waals surface area contributed by atoms with E-state index in [0.29, 0.717) is 28.2 Å². The van der Waals surface area contributed by atoms with Crippen LogP contribution in [-0.4, -0.2) is 33.9 Å². The summed E-state index contributed by atoms with van der Waals surface area (Å²) < 4.78 is 12.7. The lowest BCUT2D eigenvalue weighted by molar-refractivity contribution is -0.121. The molecular formula is C26H33N3O6. The van der Waals surface area contributed by atoms with Gasteiger partial charge in [-0.05, 0) is 76.6 Å². The van der Waals surface area contributed by atoms with Crippen LogP contribution >= 0.6 is 0 Å². The maximum absolute atomic E-state index is 13.1. The Balaban J connectivity index is 1.49. The Hall–Kier alpha value is -3.49. The number of benzene rings is 1. The second kappa shape index (κ2) is 9.28. The summed E-state index contributed by atoms with van der Waals surface area (Å²) in [6.07, 6.45) is 1.98. The first-order valence-electron chi connectivity index (χ1n) is 12.0. The van der Waals surface area contributed by atoms with Crippen molar-refractivity contribution in [3.8, 4) is 11.5 Å². The Morgan fingerprint density at radius 1 is 1.06 bits per heavy atom. The summed E-state index contributed by atoms with van der Waals surface area (Å²) in [6, 6.07) is 3.61. The van der Waals surface area contributed by atoms with Gasteiger partial charge in [-0.25, -0.2) is 4.79 Å². The molecule has 2 aliphatic rings. The maximum atomic E-state index is 13.1. The second-order valence-electron chi connectivity index (χ2n) is 9.87. The van der Waals surface area contributed by atoms with Crippen molar-refractivity contribution in [2.45, 2.75) is 78.7 Å². The highest BCUT2D eigenvalue weighted by Gasteiger charge is 2.47. The number of aryl methyl sites for hydroxylation is 3. The molecule has 2 aromatic rings. The van der Waals surface area contributed by atoms with Gasteiger partial charge in [-0.1, -0.05) is 0 Å². The van der Waals surface area contributed by atoms with Gasteiger partial charge in [0, 0.05) is 47.8 Å². The highest BCUT2D eigenvalue weighted by molar-refractivity contribution is 5.97. The fourth-order valence-corrected chi connectivity index (χ4v) is 5.24. The lowest BCUT2D eigenvalue weighted by atomic mass is 9.81. The molecule has 1 unspecified atom stereocenters. The van der Waals surface area contributed by atoms with Gasteiger partial charge in [0.1, 0.15) is 0 Å². The standard InChI is InChI=1S/C26H33N3O6/c1-13-10-15(3)28-24(31)20(13)12-27-23(30)19-11-14(2)21-22(16(19)4)35-26(5,34-21)17-6-8-18(9-7-17)29-25(32)33/h10-11,17-18,29H,6-9,12H2,1-5H3,(H,27,30)(H,28,31)(H,32,33). The molecule has 35 heavy (non-hydrogen) atoms. The zero-order chi connectivity index (χ0) is 25.5. The SMILES string of the molecule is Cc1cc(C)c(CNC(=O)c2cc(C)c3c(c2C)OC(C)(C2CCC(NC(=O)O)CC2)O3)c(=O)[nH]1. The van der Waals surface area contributed by atoms with E-state index >= 15 is 0 Å². The molecular weight excluding hydrogens is 450 g/mol. The van der Waals surface area contributed by atoms with Gasteiger partial charge in [0.05, 0.1) is 0 Å². The highest BCUT2D eigenvalue weighted by Crippen LogP contribution is 2.50. The summed E-state index contributed by atoms with van der Waals surface area (Å²) in [5, 5.41) is 14.4. The van der Waals surface area contributed by atoms with Gasteiger partial charge < -0.3 is 30.2 Å². The average Bonchev–Trinajstić information content (AvgIpc) is 3.15. The zero-order valence-corrected chi connectivity index (χ0v) is 20.8. The highest BCUT2D eigenvalue weighted by atomic mass is 16.7. The van der Waals surface area contributed by atoms with Crippen LogP contribution in [0.2, 0.25) is 0 Å². The first-order valence-corrected chi connectivity index (χ1v) is 12.0. The molecule has 9 nitrogen and oxygen atoms in total. The van der Waals surface area contributed by atoms with Crippen LogP contribution < -0.4 is 25.7 Å². The number of hydrogen-bond donors (Lipinski definition) is 4. The van der Waals surface area contributed by atoms with E-state index in [1.165, 1.54) is 0 Å². The molecule has 1 aromatic carbocycles. The Morgan fingerprint density at radius 3 is 2.34 bits per heavy atom. The van der Waals surface area contributed by atoms with Gasteiger partial charge in [-0.15, -0.1) is 0 Å². The Labute approximate surface area is 204 Å². The van der Waals surface area contributed by atoms with E-state index in [2.05, 4.69) is 15.6 Å². The van der Waals surface area contributed by atoms with Crippen LogP contribution in [0.5, 0.6) is 11.5 Å². The van der Waals surface area contributed by atoms with Crippen LogP contribution in [0, 0.1) is 33.6 Å². The lowest BCUT2D eigenvalue weighted by Crippen LogP contribution is -2.47. The van der Waals surface area contributed by atoms with Crippen molar-refractivity contribution in [2.75, 3.05) is 0 Å². The van der Waals surface area contributed by atoms with E-state index < -0.39 is 11.9 Å². The van der Waals surface area contributed by atoms with Gasteiger partial charge in [0.25, 0.3) is 17.3 Å². The van der Waals surface area contributed by atoms with E-state index in [1.807, 2.05) is 40.7 Å². The summed E-state index contributed by atoms with van der Waals surface area (Å²) in [5.41, 5.74) is 3.89. The van der Waals surface area contributed by atoms with E-state index in [9.17, 15) is 14.4 Å². The molecule has 2 amide bonds. The minimum Gasteiger partial charge on any atom is -0.465 e. The van der Waals surface area contributed by atoms with Crippen molar-refractivity contribution in [3.63, 3.8) is 0 Å². The number of H-pyrrole nitrogens is 1. The van der Waals surface area contributed by atoms with Gasteiger partial charge in [0.2, 0.25) is 0 Å². The van der Waals surface area contributed by atoms with Crippen molar-refractivity contribution >= 4 is 12.0 Å². The third kappa shape index (κ3) is 4.85. The summed E-state index contributed by atoms with van der Waals surface area (Å²) >= 11 is 0. The number of nitrogens with one attached hydrogen (secondary N) is 3. The van der Waals surface area contributed by atoms with E-state index in [4.69, 9.17) is 14.6 Å². The van der Waals surface area contributed by atoms with Gasteiger partial charge >= 0.3 is 6.09 Å². The third-order valence-corrected chi connectivity index (χ3v) is 7.24. The van der Waals surface area contributed by atoms with Crippen molar-refractivity contribution in [2.24, 2.45) is 5.92 Å². The number of pyridine rings is 1. The van der Waals surface area contributed by atoms with E-state index in [-0.39, 0.29) is 30.0 Å². The Bertz CT molecular complexity index is 1230. The minimum atomic E-state index is -1.00. The van der Waals surface area contributed by atoms with Gasteiger partial charge in [0.15, 0.2) is 11.5 Å². The molecule has 0 radical (unpaired) electrons. The molecule has 2 heterocycles. The number of aromatic amines is 1. The number of ether oxygens (including phenoxy) is 2. The van der Waals surface area contributed by atoms with Crippen molar-refractivity contribution in [1.29, 1.82) is 0 Å². The normalized spacial score (nSPS) is 23.1. The van der Waals surface area contributed by atoms with Crippen LogP contribution in [0.15, 0.2) is 16.9 Å². The molecule has 9 heteroatoms. The molecule has 4 N–H and O–H groups in total. The Kier molecular flexibility index (Phi) is 6.53. The number of aromatic nitrogens is 1. The number of amides is 2. The average molecular weight is 484 g/mol.